The van der Waals surface area contributed by atoms with Crippen LogP contribution in [0.3, 0.4) is 0 Å². The van der Waals surface area contributed by atoms with E-state index in [1.807, 2.05) is 0 Å². The number of carbonyl (C=O) groups is 1. The van der Waals surface area contributed by atoms with Crippen LogP contribution in [-0.2, 0) is 9.84 Å². The number of benzene rings is 1. The molecule has 5 heteroatoms. The number of carbonyl (C=O) groups excluding carboxylic acids is 1. The Morgan fingerprint density at radius 1 is 1.25 bits per heavy atom. The van der Waals surface area contributed by atoms with Crippen LogP contribution in [0, 0.1) is 5.92 Å². The van der Waals surface area contributed by atoms with Gasteiger partial charge in [0.1, 0.15) is 0 Å². The number of Topliss-reactive ketones (excluding diaryl/α,β-unsaturated/α-hetero) is 1. The fourth-order valence-electron chi connectivity index (χ4n) is 1.25. The summed E-state index contributed by atoms with van der Waals surface area (Å²) in [6, 6.07) is 4.19. The van der Waals surface area contributed by atoms with Gasteiger partial charge in [-0.25, -0.2) is 8.42 Å². The summed E-state index contributed by atoms with van der Waals surface area (Å²) < 4.78 is 22.7. The van der Waals surface area contributed by atoms with Gasteiger partial charge in [0.05, 0.1) is 4.90 Å². The molecular weight excluding hydrogens is 248 g/mol. The van der Waals surface area contributed by atoms with Crippen molar-refractivity contribution in [1.82, 2.24) is 0 Å². The Kier molecular flexibility index (Phi) is 3.76. The van der Waals surface area contributed by atoms with Gasteiger partial charge in [-0.1, -0.05) is 25.4 Å². The zero-order valence-electron chi connectivity index (χ0n) is 9.32. The van der Waals surface area contributed by atoms with E-state index in [1.54, 1.807) is 13.8 Å². The number of rotatable bonds is 3. The van der Waals surface area contributed by atoms with E-state index in [2.05, 4.69) is 0 Å². The molecule has 0 bridgehead atoms. The van der Waals surface area contributed by atoms with Crippen molar-refractivity contribution >= 4 is 27.2 Å². The van der Waals surface area contributed by atoms with Crippen molar-refractivity contribution in [1.29, 1.82) is 0 Å². The van der Waals surface area contributed by atoms with Crippen LogP contribution in [-0.4, -0.2) is 20.5 Å². The van der Waals surface area contributed by atoms with E-state index in [-0.39, 0.29) is 21.6 Å². The zero-order valence-corrected chi connectivity index (χ0v) is 10.9. The van der Waals surface area contributed by atoms with Crippen molar-refractivity contribution in [3.63, 3.8) is 0 Å². The Bertz CT molecular complexity index is 518. The summed E-state index contributed by atoms with van der Waals surface area (Å²) in [5.74, 6) is -0.307. The molecule has 1 aromatic rings. The standard InChI is InChI=1S/C11H13ClO3S/c1-7(2)11(13)8-4-9(12)6-10(5-8)16(3,14)15/h4-7H,1-3H3. The van der Waals surface area contributed by atoms with Gasteiger partial charge in [0.15, 0.2) is 15.6 Å². The molecule has 16 heavy (non-hydrogen) atoms. The predicted molar refractivity (Wildman–Crippen MR) is 63.7 cm³/mol. The van der Waals surface area contributed by atoms with Crippen molar-refractivity contribution < 1.29 is 13.2 Å². The van der Waals surface area contributed by atoms with Crippen molar-refractivity contribution in [2.24, 2.45) is 5.92 Å². The van der Waals surface area contributed by atoms with Gasteiger partial charge in [-0.15, -0.1) is 0 Å². The average molecular weight is 261 g/mol. The lowest BCUT2D eigenvalue weighted by atomic mass is 10.0. The van der Waals surface area contributed by atoms with Gasteiger partial charge in [-0.3, -0.25) is 4.79 Å². The highest BCUT2D eigenvalue weighted by atomic mass is 35.5. The molecule has 3 nitrogen and oxygen atoms in total. The molecule has 0 spiro atoms. The Balaban J connectivity index is 3.35. The van der Waals surface area contributed by atoms with Crippen LogP contribution < -0.4 is 0 Å². The number of hydrogen-bond donors (Lipinski definition) is 0. The Morgan fingerprint density at radius 3 is 2.25 bits per heavy atom. The molecule has 1 aromatic carbocycles. The molecule has 0 aliphatic heterocycles. The molecule has 0 unspecified atom stereocenters. The molecular formula is C11H13ClO3S. The number of sulfone groups is 1. The maximum Gasteiger partial charge on any atom is 0.175 e. The van der Waals surface area contributed by atoms with Crippen LogP contribution in [0.4, 0.5) is 0 Å². The highest BCUT2D eigenvalue weighted by Gasteiger charge is 2.15. The third-order valence-corrected chi connectivity index (χ3v) is 3.42. The topological polar surface area (TPSA) is 51.2 Å². The number of ketones is 1. The fraction of sp³-hybridized carbons (Fsp3) is 0.364. The average Bonchev–Trinajstić information content (AvgIpc) is 2.14. The van der Waals surface area contributed by atoms with Crippen LogP contribution in [0.2, 0.25) is 5.02 Å². The first-order valence-corrected chi connectivity index (χ1v) is 7.03. The van der Waals surface area contributed by atoms with Gasteiger partial charge in [0, 0.05) is 22.8 Å². The summed E-state index contributed by atoms with van der Waals surface area (Å²) in [4.78, 5) is 11.8. The molecule has 0 saturated heterocycles. The molecule has 0 amide bonds. The van der Waals surface area contributed by atoms with Crippen LogP contribution in [0.25, 0.3) is 0 Å². The Morgan fingerprint density at radius 2 is 1.81 bits per heavy atom. The highest BCUT2D eigenvalue weighted by molar-refractivity contribution is 7.90. The maximum absolute atomic E-state index is 11.7. The molecule has 0 N–H and O–H groups in total. The minimum atomic E-state index is -3.34. The summed E-state index contributed by atoms with van der Waals surface area (Å²) in [6.07, 6.45) is 1.09. The molecule has 0 aliphatic rings. The van der Waals surface area contributed by atoms with Crippen LogP contribution in [0.15, 0.2) is 23.1 Å². The van der Waals surface area contributed by atoms with E-state index in [1.165, 1.54) is 18.2 Å². The van der Waals surface area contributed by atoms with E-state index >= 15 is 0 Å². The smallest absolute Gasteiger partial charge is 0.175 e. The minimum Gasteiger partial charge on any atom is -0.294 e. The van der Waals surface area contributed by atoms with E-state index in [0.717, 1.165) is 6.26 Å². The first-order chi connectivity index (χ1) is 7.21. The Labute approximate surface area is 100 Å². The minimum absolute atomic E-state index is 0.0731. The highest BCUT2D eigenvalue weighted by Crippen LogP contribution is 2.21. The lowest BCUT2D eigenvalue weighted by Crippen LogP contribution is -2.09. The molecule has 0 radical (unpaired) electrons. The normalized spacial score (nSPS) is 11.8. The predicted octanol–water partition coefficient (Wildman–Crippen LogP) is 2.58. The van der Waals surface area contributed by atoms with Crippen molar-refractivity contribution in [3.8, 4) is 0 Å². The third-order valence-electron chi connectivity index (χ3n) is 2.11. The second-order valence-electron chi connectivity index (χ2n) is 3.97. The molecule has 0 heterocycles. The van der Waals surface area contributed by atoms with Gasteiger partial charge < -0.3 is 0 Å². The van der Waals surface area contributed by atoms with Crippen molar-refractivity contribution in [2.75, 3.05) is 6.26 Å². The van der Waals surface area contributed by atoms with Gasteiger partial charge in [0.2, 0.25) is 0 Å². The maximum atomic E-state index is 11.7. The van der Waals surface area contributed by atoms with Crippen LogP contribution in [0.5, 0.6) is 0 Å². The molecule has 0 aromatic heterocycles. The SMILES string of the molecule is CC(C)C(=O)c1cc(Cl)cc(S(C)(=O)=O)c1. The van der Waals surface area contributed by atoms with Gasteiger partial charge in [0.25, 0.3) is 0 Å². The van der Waals surface area contributed by atoms with Crippen molar-refractivity contribution in [3.05, 3.63) is 28.8 Å². The van der Waals surface area contributed by atoms with Gasteiger partial charge >= 0.3 is 0 Å². The quantitative estimate of drug-likeness (QED) is 0.785. The van der Waals surface area contributed by atoms with E-state index in [9.17, 15) is 13.2 Å². The van der Waals surface area contributed by atoms with Crippen LogP contribution >= 0.6 is 11.6 Å². The summed E-state index contributed by atoms with van der Waals surface area (Å²) in [7, 11) is -3.34. The van der Waals surface area contributed by atoms with Crippen LogP contribution in [0.1, 0.15) is 24.2 Å². The molecule has 88 valence electrons. The monoisotopic (exact) mass is 260 g/mol. The third kappa shape index (κ3) is 3.06. The summed E-state index contributed by atoms with van der Waals surface area (Å²) in [5.41, 5.74) is 0.336. The molecule has 1 rings (SSSR count). The molecule has 0 saturated carbocycles. The fourth-order valence-corrected chi connectivity index (χ4v) is 2.23. The second kappa shape index (κ2) is 4.55. The molecule has 0 fully saturated rings. The van der Waals surface area contributed by atoms with E-state index < -0.39 is 9.84 Å². The van der Waals surface area contributed by atoms with Crippen molar-refractivity contribution in [2.45, 2.75) is 18.7 Å². The second-order valence-corrected chi connectivity index (χ2v) is 6.42. The van der Waals surface area contributed by atoms with E-state index in [4.69, 9.17) is 11.6 Å². The summed E-state index contributed by atoms with van der Waals surface area (Å²) in [6.45, 7) is 3.51. The number of halogens is 1. The van der Waals surface area contributed by atoms with Gasteiger partial charge in [-0.2, -0.15) is 0 Å². The largest absolute Gasteiger partial charge is 0.294 e. The molecule has 0 aliphatic carbocycles. The zero-order chi connectivity index (χ0) is 12.5. The van der Waals surface area contributed by atoms with E-state index in [0.29, 0.717) is 5.56 Å². The number of hydrogen-bond acceptors (Lipinski definition) is 3. The molecule has 0 atom stereocenters. The summed E-state index contributed by atoms with van der Waals surface area (Å²) >= 11 is 5.79. The summed E-state index contributed by atoms with van der Waals surface area (Å²) in [5, 5.41) is 0.256. The lowest BCUT2D eigenvalue weighted by Gasteiger charge is -2.07. The Hall–Kier alpha value is -0.870. The first-order valence-electron chi connectivity index (χ1n) is 4.76. The lowest BCUT2D eigenvalue weighted by molar-refractivity contribution is 0.0939. The first kappa shape index (κ1) is 13.2. The van der Waals surface area contributed by atoms with Gasteiger partial charge in [-0.05, 0) is 18.2 Å².